The molecule has 0 atom stereocenters. The van der Waals surface area contributed by atoms with Gasteiger partial charge in [0.05, 0.1) is 19.4 Å². The molecular formula is C19H19ClN4O2. The largest absolute Gasteiger partial charge is 0.497 e. The van der Waals surface area contributed by atoms with Crippen molar-refractivity contribution < 1.29 is 9.47 Å². The molecular weight excluding hydrogens is 352 g/mol. The van der Waals surface area contributed by atoms with Crippen LogP contribution in [0.5, 0.6) is 11.5 Å². The second-order valence-corrected chi connectivity index (χ2v) is 5.86. The van der Waals surface area contributed by atoms with E-state index in [1.54, 1.807) is 25.3 Å². The van der Waals surface area contributed by atoms with Gasteiger partial charge in [-0.1, -0.05) is 11.6 Å². The van der Waals surface area contributed by atoms with E-state index in [-0.39, 0.29) is 5.95 Å². The summed E-state index contributed by atoms with van der Waals surface area (Å²) in [5.41, 5.74) is 8.14. The molecule has 7 heteroatoms. The zero-order chi connectivity index (χ0) is 18.5. The van der Waals surface area contributed by atoms with Gasteiger partial charge in [0.25, 0.3) is 0 Å². The Hall–Kier alpha value is -2.99. The van der Waals surface area contributed by atoms with Crippen molar-refractivity contribution in [3.8, 4) is 22.8 Å². The monoisotopic (exact) mass is 370 g/mol. The number of aromatic nitrogens is 2. The number of hydrogen-bond acceptors (Lipinski definition) is 6. The van der Waals surface area contributed by atoms with Crippen LogP contribution in [0.1, 0.15) is 6.92 Å². The van der Waals surface area contributed by atoms with Gasteiger partial charge in [0, 0.05) is 22.3 Å². The molecule has 1 aromatic heterocycles. The van der Waals surface area contributed by atoms with Crippen molar-refractivity contribution in [3.63, 3.8) is 0 Å². The van der Waals surface area contributed by atoms with Gasteiger partial charge in [-0.3, -0.25) is 0 Å². The standard InChI is InChI=1S/C19H19ClN4O2/c1-3-26-17-9-4-12(20)10-15(17)16-11-18(24-19(21)23-16)22-13-5-7-14(25-2)8-6-13/h4-11H,3H2,1-2H3,(H3,21,22,23,24). The van der Waals surface area contributed by atoms with Crippen molar-refractivity contribution in [2.45, 2.75) is 6.92 Å². The summed E-state index contributed by atoms with van der Waals surface area (Å²) in [5.74, 6) is 2.19. The van der Waals surface area contributed by atoms with Crippen LogP contribution in [0.2, 0.25) is 5.02 Å². The summed E-state index contributed by atoms with van der Waals surface area (Å²) >= 11 is 6.15. The molecule has 0 aliphatic carbocycles. The van der Waals surface area contributed by atoms with E-state index in [1.807, 2.05) is 37.3 Å². The van der Waals surface area contributed by atoms with E-state index in [9.17, 15) is 0 Å². The molecule has 0 radical (unpaired) electrons. The maximum atomic E-state index is 6.15. The topological polar surface area (TPSA) is 82.3 Å². The Kier molecular flexibility index (Phi) is 5.43. The van der Waals surface area contributed by atoms with E-state index >= 15 is 0 Å². The molecule has 134 valence electrons. The first-order chi connectivity index (χ1) is 12.6. The summed E-state index contributed by atoms with van der Waals surface area (Å²) in [6.07, 6.45) is 0. The summed E-state index contributed by atoms with van der Waals surface area (Å²) in [6, 6.07) is 14.7. The van der Waals surface area contributed by atoms with Gasteiger partial charge in [0.15, 0.2) is 0 Å². The molecule has 0 aliphatic heterocycles. The van der Waals surface area contributed by atoms with E-state index in [2.05, 4.69) is 15.3 Å². The first-order valence-electron chi connectivity index (χ1n) is 8.07. The lowest BCUT2D eigenvalue weighted by Gasteiger charge is -2.12. The molecule has 2 aromatic carbocycles. The molecule has 3 aromatic rings. The quantitative estimate of drug-likeness (QED) is 0.663. The summed E-state index contributed by atoms with van der Waals surface area (Å²) in [6.45, 7) is 2.45. The van der Waals surface area contributed by atoms with Gasteiger partial charge in [-0.05, 0) is 49.4 Å². The van der Waals surface area contributed by atoms with Crippen LogP contribution < -0.4 is 20.5 Å². The minimum absolute atomic E-state index is 0.154. The van der Waals surface area contributed by atoms with E-state index < -0.39 is 0 Å². The van der Waals surface area contributed by atoms with Crippen molar-refractivity contribution in [3.05, 3.63) is 53.6 Å². The van der Waals surface area contributed by atoms with Crippen LogP contribution in [-0.2, 0) is 0 Å². The van der Waals surface area contributed by atoms with Crippen LogP contribution in [-0.4, -0.2) is 23.7 Å². The Balaban J connectivity index is 1.96. The van der Waals surface area contributed by atoms with Gasteiger partial charge in [-0.15, -0.1) is 0 Å². The van der Waals surface area contributed by atoms with Crippen molar-refractivity contribution in [2.75, 3.05) is 24.8 Å². The van der Waals surface area contributed by atoms with Crippen LogP contribution in [0.25, 0.3) is 11.3 Å². The first kappa shape index (κ1) is 17.8. The molecule has 6 nitrogen and oxygen atoms in total. The maximum absolute atomic E-state index is 6.15. The Morgan fingerprint density at radius 1 is 1.08 bits per heavy atom. The Morgan fingerprint density at radius 3 is 2.54 bits per heavy atom. The average Bonchev–Trinajstić information content (AvgIpc) is 2.63. The third-order valence-electron chi connectivity index (χ3n) is 3.62. The van der Waals surface area contributed by atoms with Crippen molar-refractivity contribution >= 4 is 29.1 Å². The first-order valence-corrected chi connectivity index (χ1v) is 8.45. The molecule has 0 saturated heterocycles. The number of anilines is 3. The predicted molar refractivity (Wildman–Crippen MR) is 104 cm³/mol. The Labute approximate surface area is 156 Å². The Morgan fingerprint density at radius 2 is 1.85 bits per heavy atom. The lowest BCUT2D eigenvalue weighted by atomic mass is 10.1. The molecule has 26 heavy (non-hydrogen) atoms. The number of nitrogens with two attached hydrogens (primary N) is 1. The fraction of sp³-hybridized carbons (Fsp3) is 0.158. The average molecular weight is 371 g/mol. The van der Waals surface area contributed by atoms with Crippen LogP contribution in [0, 0.1) is 0 Å². The predicted octanol–water partition coefficient (Wildman–Crippen LogP) is 4.53. The molecule has 0 amide bonds. The SMILES string of the molecule is CCOc1ccc(Cl)cc1-c1cc(Nc2ccc(OC)cc2)nc(N)n1. The third kappa shape index (κ3) is 4.15. The number of halogens is 1. The normalized spacial score (nSPS) is 10.4. The minimum atomic E-state index is 0.154. The molecule has 3 N–H and O–H groups in total. The van der Waals surface area contributed by atoms with Gasteiger partial charge in [0.2, 0.25) is 5.95 Å². The molecule has 3 rings (SSSR count). The minimum Gasteiger partial charge on any atom is -0.497 e. The smallest absolute Gasteiger partial charge is 0.222 e. The van der Waals surface area contributed by atoms with Gasteiger partial charge in [-0.2, -0.15) is 4.98 Å². The van der Waals surface area contributed by atoms with E-state index in [4.69, 9.17) is 26.8 Å². The zero-order valence-electron chi connectivity index (χ0n) is 14.5. The molecule has 0 spiro atoms. The Bertz CT molecular complexity index is 901. The van der Waals surface area contributed by atoms with Crippen molar-refractivity contribution in [2.24, 2.45) is 0 Å². The zero-order valence-corrected chi connectivity index (χ0v) is 15.2. The number of benzene rings is 2. The van der Waals surface area contributed by atoms with Gasteiger partial charge < -0.3 is 20.5 Å². The van der Waals surface area contributed by atoms with Crippen molar-refractivity contribution in [1.29, 1.82) is 0 Å². The lowest BCUT2D eigenvalue weighted by molar-refractivity contribution is 0.341. The summed E-state index contributed by atoms with van der Waals surface area (Å²) < 4.78 is 10.8. The number of nitrogens with zero attached hydrogens (tertiary/aromatic N) is 2. The molecule has 1 heterocycles. The number of nitrogen functional groups attached to an aromatic ring is 1. The lowest BCUT2D eigenvalue weighted by Crippen LogP contribution is -2.02. The number of ether oxygens (including phenoxy) is 2. The highest BCUT2D eigenvalue weighted by Crippen LogP contribution is 2.33. The molecule has 0 fully saturated rings. The number of rotatable bonds is 6. The van der Waals surface area contributed by atoms with E-state index in [0.29, 0.717) is 28.9 Å². The molecule has 0 bridgehead atoms. The van der Waals surface area contributed by atoms with Crippen LogP contribution >= 0.6 is 11.6 Å². The molecule has 0 aliphatic rings. The fourth-order valence-electron chi connectivity index (χ4n) is 2.47. The van der Waals surface area contributed by atoms with E-state index in [0.717, 1.165) is 17.0 Å². The summed E-state index contributed by atoms with van der Waals surface area (Å²) in [7, 11) is 1.63. The number of hydrogen-bond donors (Lipinski definition) is 2. The second kappa shape index (κ2) is 7.93. The fourth-order valence-corrected chi connectivity index (χ4v) is 2.65. The highest BCUT2D eigenvalue weighted by molar-refractivity contribution is 6.31. The second-order valence-electron chi connectivity index (χ2n) is 5.42. The van der Waals surface area contributed by atoms with Gasteiger partial charge in [0.1, 0.15) is 17.3 Å². The number of nitrogens with one attached hydrogen (secondary N) is 1. The summed E-state index contributed by atoms with van der Waals surface area (Å²) in [5, 5.41) is 3.80. The highest BCUT2D eigenvalue weighted by Gasteiger charge is 2.12. The van der Waals surface area contributed by atoms with Gasteiger partial charge in [-0.25, -0.2) is 4.98 Å². The maximum Gasteiger partial charge on any atom is 0.222 e. The third-order valence-corrected chi connectivity index (χ3v) is 3.86. The summed E-state index contributed by atoms with van der Waals surface area (Å²) in [4.78, 5) is 8.57. The van der Waals surface area contributed by atoms with E-state index in [1.165, 1.54) is 0 Å². The molecule has 0 saturated carbocycles. The number of methoxy groups -OCH3 is 1. The highest BCUT2D eigenvalue weighted by atomic mass is 35.5. The van der Waals surface area contributed by atoms with Crippen LogP contribution in [0.15, 0.2) is 48.5 Å². The van der Waals surface area contributed by atoms with Gasteiger partial charge >= 0.3 is 0 Å². The van der Waals surface area contributed by atoms with Crippen LogP contribution in [0.4, 0.5) is 17.5 Å². The van der Waals surface area contributed by atoms with Crippen LogP contribution in [0.3, 0.4) is 0 Å². The molecule has 0 unspecified atom stereocenters. The van der Waals surface area contributed by atoms with Crippen molar-refractivity contribution in [1.82, 2.24) is 9.97 Å².